The minimum absolute atomic E-state index is 0.0312. The van der Waals surface area contributed by atoms with Crippen molar-refractivity contribution in [3.05, 3.63) is 57.0 Å². The van der Waals surface area contributed by atoms with Gasteiger partial charge >= 0.3 is 5.97 Å². The van der Waals surface area contributed by atoms with Crippen LogP contribution in [0, 0.1) is 15.0 Å². The van der Waals surface area contributed by atoms with Crippen molar-refractivity contribution in [1.29, 1.82) is 0 Å². The van der Waals surface area contributed by atoms with Crippen LogP contribution in [0.3, 0.4) is 0 Å². The Hall–Kier alpha value is -3.49. The molecule has 2 aromatic carbocycles. The Kier molecular flexibility index (Phi) is 3.98. The predicted octanol–water partition coefficient (Wildman–Crippen LogP) is 3.02. The number of anilines is 3. The lowest BCUT2D eigenvalue weighted by Gasteiger charge is -2.11. The summed E-state index contributed by atoms with van der Waals surface area (Å²) in [6.45, 7) is 0. The second-order valence-electron chi connectivity index (χ2n) is 4.22. The smallest absolute Gasteiger partial charge is 0.337 e. The van der Waals surface area contributed by atoms with Gasteiger partial charge in [0.05, 0.1) is 21.9 Å². The van der Waals surface area contributed by atoms with Crippen LogP contribution in [0.4, 0.5) is 28.4 Å². The minimum Gasteiger partial charge on any atom is -0.478 e. The summed E-state index contributed by atoms with van der Waals surface area (Å²) < 4.78 is 0. The number of nitrogens with one attached hydrogen (secondary N) is 1. The molecule has 0 aliphatic carbocycles. The fourth-order valence-electron chi connectivity index (χ4n) is 1.88. The van der Waals surface area contributed by atoms with Crippen LogP contribution in [-0.4, -0.2) is 16.0 Å². The maximum absolute atomic E-state index is 11.1. The number of rotatable bonds is 5. The number of carbonyl (C=O) groups is 1. The largest absolute Gasteiger partial charge is 0.478 e. The minimum atomic E-state index is -1.17. The van der Waals surface area contributed by atoms with E-state index in [0.717, 1.165) is 6.07 Å². The van der Waals surface area contributed by atoms with E-state index in [0.29, 0.717) is 0 Å². The number of benzene rings is 2. The Balaban J connectivity index is 2.51. The van der Waals surface area contributed by atoms with Gasteiger partial charge in [0.15, 0.2) is 5.69 Å². The number of carboxylic acids is 1. The van der Waals surface area contributed by atoms with Crippen LogP contribution in [0.1, 0.15) is 10.4 Å². The van der Waals surface area contributed by atoms with E-state index in [1.807, 2.05) is 0 Å². The first kappa shape index (κ1) is 14.9. The fourth-order valence-corrected chi connectivity index (χ4v) is 1.88. The highest BCUT2D eigenvalue weighted by Gasteiger charge is 2.20. The molecule has 0 fully saturated rings. The van der Waals surface area contributed by atoms with Gasteiger partial charge in [-0.15, -0.1) is 4.91 Å². The number of para-hydroxylation sites is 1. The second kappa shape index (κ2) is 5.87. The first-order valence-electron chi connectivity index (χ1n) is 5.95. The molecule has 9 heteroatoms. The lowest BCUT2D eigenvalue weighted by molar-refractivity contribution is -0.383. The maximum Gasteiger partial charge on any atom is 0.337 e. The van der Waals surface area contributed by atoms with Gasteiger partial charge in [0, 0.05) is 6.07 Å². The van der Waals surface area contributed by atoms with E-state index in [9.17, 15) is 19.8 Å². The van der Waals surface area contributed by atoms with Crippen molar-refractivity contribution >= 4 is 34.4 Å². The number of aromatic carboxylic acids is 1. The molecule has 2 rings (SSSR count). The Bertz CT molecular complexity index is 775. The Labute approximate surface area is 123 Å². The van der Waals surface area contributed by atoms with Gasteiger partial charge in [-0.25, -0.2) is 4.79 Å². The van der Waals surface area contributed by atoms with Crippen molar-refractivity contribution in [2.75, 3.05) is 11.1 Å². The first-order valence-corrected chi connectivity index (χ1v) is 5.95. The molecule has 112 valence electrons. The number of nitrogen functional groups attached to an aromatic ring is 1. The number of nitrogens with two attached hydrogens (primary N) is 1. The van der Waals surface area contributed by atoms with E-state index in [-0.39, 0.29) is 22.6 Å². The SMILES string of the molecule is Nc1c([N+](=O)[O-])ccc(Nc2ccccc2C(=O)O)c1N=O. The summed E-state index contributed by atoms with van der Waals surface area (Å²) in [5.41, 5.74) is 4.61. The summed E-state index contributed by atoms with van der Waals surface area (Å²) in [4.78, 5) is 32.1. The molecule has 0 aromatic heterocycles. The number of nitro benzene ring substituents is 1. The second-order valence-corrected chi connectivity index (χ2v) is 4.22. The van der Waals surface area contributed by atoms with Crippen molar-refractivity contribution in [2.24, 2.45) is 5.18 Å². The lowest BCUT2D eigenvalue weighted by atomic mass is 10.1. The van der Waals surface area contributed by atoms with Crippen molar-refractivity contribution in [3.63, 3.8) is 0 Å². The van der Waals surface area contributed by atoms with E-state index >= 15 is 0 Å². The van der Waals surface area contributed by atoms with Crippen molar-refractivity contribution < 1.29 is 14.8 Å². The molecule has 0 unspecified atom stereocenters. The Morgan fingerprint density at radius 1 is 1.23 bits per heavy atom. The van der Waals surface area contributed by atoms with Crippen LogP contribution in [0.2, 0.25) is 0 Å². The average Bonchev–Trinajstić information content (AvgIpc) is 2.47. The summed E-state index contributed by atoms with van der Waals surface area (Å²) in [6, 6.07) is 8.33. The average molecular weight is 302 g/mol. The van der Waals surface area contributed by atoms with E-state index in [1.54, 1.807) is 6.07 Å². The zero-order valence-corrected chi connectivity index (χ0v) is 11.0. The Morgan fingerprint density at radius 3 is 2.50 bits per heavy atom. The molecule has 2 aromatic rings. The van der Waals surface area contributed by atoms with Gasteiger partial charge in [-0.1, -0.05) is 12.1 Å². The summed E-state index contributed by atoms with van der Waals surface area (Å²) in [6.07, 6.45) is 0. The van der Waals surface area contributed by atoms with Gasteiger partial charge in [-0.2, -0.15) is 0 Å². The van der Waals surface area contributed by atoms with E-state index < -0.39 is 22.3 Å². The third kappa shape index (κ3) is 2.68. The molecule has 0 heterocycles. The Morgan fingerprint density at radius 2 is 1.91 bits per heavy atom. The first-order chi connectivity index (χ1) is 10.5. The standard InChI is InChI=1S/C13H10N4O5/c14-11-10(17(21)22)6-5-9(12(11)16-20)15-8-4-2-1-3-7(8)13(18)19/h1-6,15H,14H2,(H,18,19). The maximum atomic E-state index is 11.1. The number of nitro groups is 1. The van der Waals surface area contributed by atoms with Crippen LogP contribution < -0.4 is 11.1 Å². The molecule has 0 spiro atoms. The van der Waals surface area contributed by atoms with Gasteiger partial charge < -0.3 is 16.2 Å². The van der Waals surface area contributed by atoms with E-state index in [2.05, 4.69) is 10.5 Å². The molecular formula is C13H10N4O5. The van der Waals surface area contributed by atoms with Crippen molar-refractivity contribution in [2.45, 2.75) is 0 Å². The quantitative estimate of drug-likeness (QED) is 0.332. The van der Waals surface area contributed by atoms with Gasteiger partial charge in [0.1, 0.15) is 5.69 Å². The van der Waals surface area contributed by atoms with Crippen molar-refractivity contribution in [3.8, 4) is 0 Å². The lowest BCUT2D eigenvalue weighted by Crippen LogP contribution is -2.03. The highest BCUT2D eigenvalue weighted by Crippen LogP contribution is 2.39. The molecule has 0 radical (unpaired) electrons. The molecule has 0 amide bonds. The summed E-state index contributed by atoms with van der Waals surface area (Å²) in [5, 5.41) is 25.3. The van der Waals surface area contributed by atoms with Crippen LogP contribution in [0.15, 0.2) is 41.6 Å². The third-order valence-corrected chi connectivity index (χ3v) is 2.91. The zero-order chi connectivity index (χ0) is 16.3. The molecule has 0 saturated heterocycles. The molecule has 0 bridgehead atoms. The van der Waals surface area contributed by atoms with E-state index in [1.165, 1.54) is 24.3 Å². The normalized spacial score (nSPS) is 10.0. The van der Waals surface area contributed by atoms with Crippen LogP contribution in [0.5, 0.6) is 0 Å². The number of nitroso groups, excluding NO2 is 1. The highest BCUT2D eigenvalue weighted by atomic mass is 16.6. The molecular weight excluding hydrogens is 292 g/mol. The molecule has 0 atom stereocenters. The number of hydrogen-bond acceptors (Lipinski definition) is 7. The molecule has 9 nitrogen and oxygen atoms in total. The van der Waals surface area contributed by atoms with Crippen LogP contribution in [-0.2, 0) is 0 Å². The zero-order valence-electron chi connectivity index (χ0n) is 11.0. The molecule has 0 aliphatic heterocycles. The summed E-state index contributed by atoms with van der Waals surface area (Å²) >= 11 is 0. The monoisotopic (exact) mass is 302 g/mol. The van der Waals surface area contributed by atoms with Gasteiger partial charge in [-0.05, 0) is 23.4 Å². The molecule has 4 N–H and O–H groups in total. The number of carboxylic acid groups (broad SMARTS) is 1. The summed E-state index contributed by atoms with van der Waals surface area (Å²) in [5.74, 6) is -1.17. The van der Waals surface area contributed by atoms with Crippen molar-refractivity contribution in [1.82, 2.24) is 0 Å². The molecule has 0 aliphatic rings. The van der Waals surface area contributed by atoms with Crippen LogP contribution in [0.25, 0.3) is 0 Å². The van der Waals surface area contributed by atoms with Gasteiger partial charge in [-0.3, -0.25) is 10.1 Å². The van der Waals surface area contributed by atoms with Gasteiger partial charge in [0.25, 0.3) is 5.69 Å². The number of nitrogens with zero attached hydrogens (tertiary/aromatic N) is 2. The van der Waals surface area contributed by atoms with E-state index in [4.69, 9.17) is 10.8 Å². The number of hydrogen-bond donors (Lipinski definition) is 3. The topological polar surface area (TPSA) is 148 Å². The fraction of sp³-hybridized carbons (Fsp3) is 0. The summed E-state index contributed by atoms with van der Waals surface area (Å²) in [7, 11) is 0. The molecule has 22 heavy (non-hydrogen) atoms. The predicted molar refractivity (Wildman–Crippen MR) is 79.6 cm³/mol. The third-order valence-electron chi connectivity index (χ3n) is 2.91. The highest BCUT2D eigenvalue weighted by molar-refractivity contribution is 5.96. The van der Waals surface area contributed by atoms with Crippen LogP contribution >= 0.6 is 0 Å². The molecule has 0 saturated carbocycles. The van der Waals surface area contributed by atoms with Gasteiger partial charge in [0.2, 0.25) is 0 Å².